The molecule has 0 bridgehead atoms. The largest absolute Gasteiger partial charge is 0.493 e. The highest BCUT2D eigenvalue weighted by Crippen LogP contribution is 2.46. The Balaban J connectivity index is 1.76. The number of likely N-dealkylation sites (tertiary alicyclic amines) is 1. The molecule has 2 aliphatic rings. The lowest BCUT2D eigenvalue weighted by atomic mass is 9.69. The van der Waals surface area contributed by atoms with Crippen LogP contribution < -0.4 is 14.8 Å². The Labute approximate surface area is 172 Å². The van der Waals surface area contributed by atoms with E-state index in [1.54, 1.807) is 39.5 Å². The fraction of sp³-hybridized carbons (Fsp3) is 0.545. The molecule has 1 unspecified atom stereocenters. The van der Waals surface area contributed by atoms with E-state index in [4.69, 9.17) is 14.2 Å². The number of allylic oxidation sites excluding steroid dienone is 1. The van der Waals surface area contributed by atoms with E-state index in [0.29, 0.717) is 43.2 Å². The molecule has 7 nitrogen and oxygen atoms in total. The highest BCUT2D eigenvalue weighted by molar-refractivity contribution is 5.95. The zero-order valence-electron chi connectivity index (χ0n) is 17.5. The minimum absolute atomic E-state index is 0.136. The topological polar surface area (TPSA) is 77.1 Å². The Morgan fingerprint density at radius 3 is 2.69 bits per heavy atom. The third-order valence-electron chi connectivity index (χ3n) is 5.90. The predicted octanol–water partition coefficient (Wildman–Crippen LogP) is 2.76. The van der Waals surface area contributed by atoms with E-state index in [0.717, 1.165) is 31.4 Å². The van der Waals surface area contributed by atoms with E-state index in [1.165, 1.54) is 0 Å². The van der Waals surface area contributed by atoms with Crippen molar-refractivity contribution in [3.8, 4) is 11.5 Å². The summed E-state index contributed by atoms with van der Waals surface area (Å²) in [4.78, 5) is 27.2. The van der Waals surface area contributed by atoms with Crippen molar-refractivity contribution in [1.29, 1.82) is 0 Å². The van der Waals surface area contributed by atoms with E-state index in [1.807, 2.05) is 4.90 Å². The van der Waals surface area contributed by atoms with Crippen LogP contribution in [0.3, 0.4) is 0 Å². The van der Waals surface area contributed by atoms with Crippen LogP contribution in [-0.2, 0) is 9.53 Å². The lowest BCUT2D eigenvalue weighted by Gasteiger charge is -2.47. The molecule has 0 radical (unpaired) electrons. The molecule has 0 spiro atoms. The summed E-state index contributed by atoms with van der Waals surface area (Å²) in [6.07, 6.45) is 6.39. The quantitative estimate of drug-likeness (QED) is 0.724. The third-order valence-corrected chi connectivity index (χ3v) is 5.90. The zero-order valence-corrected chi connectivity index (χ0v) is 17.5. The van der Waals surface area contributed by atoms with Crippen LogP contribution in [0.4, 0.5) is 0 Å². The summed E-state index contributed by atoms with van der Waals surface area (Å²) in [6, 6.07) is 5.13. The number of nitrogens with one attached hydrogen (secondary N) is 1. The van der Waals surface area contributed by atoms with Crippen molar-refractivity contribution in [2.24, 2.45) is 5.41 Å². The summed E-state index contributed by atoms with van der Waals surface area (Å²) in [7, 11) is 4.75. The summed E-state index contributed by atoms with van der Waals surface area (Å²) in [5, 5.41) is 3.09. The number of ether oxygens (including phenoxy) is 3. The van der Waals surface area contributed by atoms with Gasteiger partial charge in [-0.2, -0.15) is 0 Å². The minimum atomic E-state index is -0.202. The zero-order chi connectivity index (χ0) is 20.9. The first-order chi connectivity index (χ1) is 14.0. The van der Waals surface area contributed by atoms with Crippen molar-refractivity contribution in [3.05, 3.63) is 35.5 Å². The van der Waals surface area contributed by atoms with Crippen molar-refractivity contribution >= 4 is 11.8 Å². The van der Waals surface area contributed by atoms with E-state index in [9.17, 15) is 9.59 Å². The van der Waals surface area contributed by atoms with Crippen molar-refractivity contribution in [3.63, 3.8) is 0 Å². The maximum absolute atomic E-state index is 12.8. The van der Waals surface area contributed by atoms with Crippen LogP contribution in [0.2, 0.25) is 0 Å². The molecule has 1 heterocycles. The number of methoxy groups -OCH3 is 3. The molecule has 1 aliphatic carbocycles. The fourth-order valence-corrected chi connectivity index (χ4v) is 4.31. The average molecular weight is 402 g/mol. The van der Waals surface area contributed by atoms with Gasteiger partial charge in [0.1, 0.15) is 0 Å². The second-order valence-corrected chi connectivity index (χ2v) is 7.55. The smallest absolute Gasteiger partial charge is 0.251 e. The van der Waals surface area contributed by atoms with Gasteiger partial charge in [-0.3, -0.25) is 9.59 Å². The Hall–Kier alpha value is -2.54. The molecule has 158 valence electrons. The number of fused-ring (bicyclic) bond motifs is 1. The summed E-state index contributed by atoms with van der Waals surface area (Å²) in [5.74, 6) is 1.08. The van der Waals surface area contributed by atoms with Crippen LogP contribution in [0.1, 0.15) is 42.5 Å². The van der Waals surface area contributed by atoms with Gasteiger partial charge in [0, 0.05) is 43.3 Å². The van der Waals surface area contributed by atoms with Crippen LogP contribution in [-0.4, -0.2) is 57.7 Å². The first-order valence-corrected chi connectivity index (χ1v) is 10.0. The molecule has 1 fully saturated rings. The first-order valence-electron chi connectivity index (χ1n) is 10.0. The summed E-state index contributed by atoms with van der Waals surface area (Å²) < 4.78 is 15.7. The van der Waals surface area contributed by atoms with E-state index < -0.39 is 0 Å². The third kappa shape index (κ3) is 4.40. The highest BCUT2D eigenvalue weighted by atomic mass is 16.5. The molecule has 1 aliphatic heterocycles. The maximum atomic E-state index is 12.8. The Morgan fingerprint density at radius 2 is 1.97 bits per heavy atom. The molecular weight excluding hydrogens is 372 g/mol. The Bertz CT molecular complexity index is 791. The summed E-state index contributed by atoms with van der Waals surface area (Å²) in [6.45, 7) is 1.55. The molecule has 1 N–H and O–H groups in total. The average Bonchev–Trinajstić information content (AvgIpc) is 2.76. The van der Waals surface area contributed by atoms with E-state index in [-0.39, 0.29) is 17.2 Å². The molecule has 0 saturated carbocycles. The maximum Gasteiger partial charge on any atom is 0.251 e. The number of hydrogen-bond acceptors (Lipinski definition) is 5. The predicted molar refractivity (Wildman–Crippen MR) is 109 cm³/mol. The number of nitrogens with zero attached hydrogens (tertiary/aromatic N) is 1. The van der Waals surface area contributed by atoms with Gasteiger partial charge in [-0.25, -0.2) is 0 Å². The lowest BCUT2D eigenvalue weighted by Crippen LogP contribution is -2.51. The Kier molecular flexibility index (Phi) is 6.79. The second kappa shape index (κ2) is 9.31. The van der Waals surface area contributed by atoms with Crippen LogP contribution >= 0.6 is 0 Å². The summed E-state index contributed by atoms with van der Waals surface area (Å²) in [5.41, 5.74) is 1.36. The molecule has 3 rings (SSSR count). The fourth-order valence-electron chi connectivity index (χ4n) is 4.31. The number of amides is 2. The molecule has 2 amide bonds. The number of rotatable bonds is 8. The normalized spacial score (nSPS) is 21.3. The second-order valence-electron chi connectivity index (χ2n) is 7.55. The molecule has 0 aromatic heterocycles. The standard InChI is InChI=1S/C22H30N2O5/c1-27-13-12-24-19-6-4-5-10-22(19,11-9-20(24)25)15-23-21(26)16-7-8-17(28-2)18(14-16)29-3/h6-8,14H,4-5,9-13,15H2,1-3H3,(H,23,26). The van der Waals surface area contributed by atoms with Crippen molar-refractivity contribution in [2.75, 3.05) is 41.0 Å². The van der Waals surface area contributed by atoms with Gasteiger partial charge in [0.2, 0.25) is 5.91 Å². The van der Waals surface area contributed by atoms with Crippen LogP contribution in [0.15, 0.2) is 30.0 Å². The van der Waals surface area contributed by atoms with Gasteiger partial charge in [-0.05, 0) is 43.9 Å². The van der Waals surface area contributed by atoms with Gasteiger partial charge in [0.15, 0.2) is 11.5 Å². The van der Waals surface area contributed by atoms with Crippen molar-refractivity contribution in [1.82, 2.24) is 10.2 Å². The number of carbonyl (C=O) groups is 2. The van der Waals surface area contributed by atoms with Crippen molar-refractivity contribution in [2.45, 2.75) is 32.1 Å². The SMILES string of the molecule is COCCN1C(=O)CCC2(CNC(=O)c3ccc(OC)c(OC)c3)CCCC=C12. The van der Waals surface area contributed by atoms with Crippen LogP contribution in [0.25, 0.3) is 0 Å². The molecular formula is C22H30N2O5. The lowest BCUT2D eigenvalue weighted by molar-refractivity contribution is -0.134. The molecule has 1 saturated heterocycles. The van der Waals surface area contributed by atoms with Crippen LogP contribution in [0.5, 0.6) is 11.5 Å². The highest BCUT2D eigenvalue weighted by Gasteiger charge is 2.44. The minimum Gasteiger partial charge on any atom is -0.493 e. The monoisotopic (exact) mass is 402 g/mol. The number of piperidine rings is 1. The van der Waals surface area contributed by atoms with Gasteiger partial charge in [0.25, 0.3) is 5.91 Å². The Morgan fingerprint density at radius 1 is 1.17 bits per heavy atom. The van der Waals surface area contributed by atoms with E-state index in [2.05, 4.69) is 11.4 Å². The van der Waals surface area contributed by atoms with Gasteiger partial charge in [-0.15, -0.1) is 0 Å². The summed E-state index contributed by atoms with van der Waals surface area (Å²) >= 11 is 0. The number of carbonyl (C=O) groups excluding carboxylic acids is 2. The van der Waals surface area contributed by atoms with Gasteiger partial charge in [-0.1, -0.05) is 6.08 Å². The van der Waals surface area contributed by atoms with Gasteiger partial charge < -0.3 is 24.4 Å². The number of benzene rings is 1. The van der Waals surface area contributed by atoms with E-state index >= 15 is 0 Å². The van der Waals surface area contributed by atoms with Crippen molar-refractivity contribution < 1.29 is 23.8 Å². The van der Waals surface area contributed by atoms with Gasteiger partial charge >= 0.3 is 0 Å². The number of hydrogen-bond donors (Lipinski definition) is 1. The molecule has 7 heteroatoms. The molecule has 29 heavy (non-hydrogen) atoms. The molecule has 1 atom stereocenters. The molecule has 1 aromatic carbocycles. The van der Waals surface area contributed by atoms with Crippen LogP contribution in [0, 0.1) is 5.41 Å². The van der Waals surface area contributed by atoms with Gasteiger partial charge in [0.05, 0.1) is 20.8 Å². The first kappa shape index (κ1) is 21.2. The molecule has 1 aromatic rings.